The van der Waals surface area contributed by atoms with Crippen LogP contribution in [0.4, 0.5) is 0 Å². The third-order valence-corrected chi connectivity index (χ3v) is 3.80. The molecule has 0 aromatic heterocycles. The molecule has 0 aliphatic carbocycles. The lowest BCUT2D eigenvalue weighted by Crippen LogP contribution is -2.39. The van der Waals surface area contributed by atoms with Crippen molar-refractivity contribution in [3.05, 3.63) is 64.7 Å². The average molecular weight is 403 g/mol. The molecular weight excluding hydrogens is 384 g/mol. The van der Waals surface area contributed by atoms with E-state index < -0.39 is 17.7 Å². The van der Waals surface area contributed by atoms with Gasteiger partial charge in [-0.25, -0.2) is 5.43 Å². The van der Waals surface area contributed by atoms with Gasteiger partial charge in [0.1, 0.15) is 5.75 Å². The van der Waals surface area contributed by atoms with Gasteiger partial charge in [-0.15, -0.1) is 0 Å². The molecule has 0 fully saturated rings. The number of benzene rings is 2. The number of ether oxygens (including phenoxy) is 1. The van der Waals surface area contributed by atoms with Crippen LogP contribution in [-0.2, 0) is 14.4 Å². The summed E-state index contributed by atoms with van der Waals surface area (Å²) in [5, 5.41) is 6.70. The van der Waals surface area contributed by atoms with Crippen molar-refractivity contribution in [2.45, 2.75) is 13.0 Å². The van der Waals surface area contributed by atoms with E-state index in [1.165, 1.54) is 18.3 Å². The first kappa shape index (κ1) is 20.9. The minimum atomic E-state index is -0.930. The van der Waals surface area contributed by atoms with E-state index in [2.05, 4.69) is 15.8 Å². The molecule has 0 unspecified atom stereocenters. The maximum Gasteiger partial charge on any atom is 0.329 e. The molecule has 0 spiro atoms. The Labute approximate surface area is 166 Å². The lowest BCUT2D eigenvalue weighted by molar-refractivity contribution is -0.139. The van der Waals surface area contributed by atoms with Crippen molar-refractivity contribution in [3.63, 3.8) is 0 Å². The third kappa shape index (κ3) is 6.40. The molecule has 0 aliphatic rings. The number of primary amides is 1. The van der Waals surface area contributed by atoms with Crippen molar-refractivity contribution in [2.75, 3.05) is 6.61 Å². The quantitative estimate of drug-likeness (QED) is 0.369. The molecule has 146 valence electrons. The number of carbonyl (C=O) groups is 3. The SMILES string of the molecule is C[C@H](NC(=O)C(=O)N/N=C\c1cc(Cl)ccc1OCC(N)=O)c1ccccc1. The van der Waals surface area contributed by atoms with Crippen LogP contribution in [-0.4, -0.2) is 30.5 Å². The lowest BCUT2D eigenvalue weighted by atomic mass is 10.1. The van der Waals surface area contributed by atoms with Gasteiger partial charge in [0.05, 0.1) is 12.3 Å². The van der Waals surface area contributed by atoms with Crippen LogP contribution in [0.5, 0.6) is 5.75 Å². The first-order chi connectivity index (χ1) is 13.4. The maximum atomic E-state index is 12.0. The Bertz CT molecular complexity index is 887. The molecular formula is C19H19ClN4O4. The maximum absolute atomic E-state index is 12.0. The van der Waals surface area contributed by atoms with Crippen LogP contribution in [0.25, 0.3) is 0 Å². The highest BCUT2D eigenvalue weighted by molar-refractivity contribution is 6.35. The number of hydrogen-bond donors (Lipinski definition) is 3. The van der Waals surface area contributed by atoms with E-state index in [1.54, 1.807) is 13.0 Å². The largest absolute Gasteiger partial charge is 0.483 e. The summed E-state index contributed by atoms with van der Waals surface area (Å²) in [5.41, 5.74) is 8.44. The van der Waals surface area contributed by atoms with Gasteiger partial charge in [-0.2, -0.15) is 5.10 Å². The van der Waals surface area contributed by atoms with Gasteiger partial charge in [0, 0.05) is 10.6 Å². The Morgan fingerprint density at radius 3 is 2.57 bits per heavy atom. The second kappa shape index (κ2) is 10.1. The number of hydrogen-bond acceptors (Lipinski definition) is 5. The minimum Gasteiger partial charge on any atom is -0.483 e. The highest BCUT2D eigenvalue weighted by Crippen LogP contribution is 2.21. The standard InChI is InChI=1S/C19H19ClN4O4/c1-12(13-5-3-2-4-6-13)23-18(26)19(27)24-22-10-14-9-15(20)7-8-16(14)28-11-17(21)25/h2-10,12H,11H2,1H3,(H2,21,25)(H,23,26)(H,24,27)/b22-10-/t12-/m0/s1. The fraction of sp³-hybridized carbons (Fsp3) is 0.158. The molecule has 0 heterocycles. The molecule has 0 saturated heterocycles. The zero-order chi connectivity index (χ0) is 20.5. The molecule has 2 aromatic rings. The molecule has 9 heteroatoms. The van der Waals surface area contributed by atoms with Crippen molar-refractivity contribution in [3.8, 4) is 5.75 Å². The average Bonchev–Trinajstić information content (AvgIpc) is 2.67. The van der Waals surface area contributed by atoms with Crippen LogP contribution < -0.4 is 21.2 Å². The monoisotopic (exact) mass is 402 g/mol. The molecule has 8 nitrogen and oxygen atoms in total. The van der Waals surface area contributed by atoms with Gasteiger partial charge in [-0.3, -0.25) is 14.4 Å². The number of nitrogens with zero attached hydrogens (tertiary/aromatic N) is 1. The van der Waals surface area contributed by atoms with Crippen LogP contribution in [0.1, 0.15) is 24.1 Å². The van der Waals surface area contributed by atoms with Crippen molar-refractivity contribution >= 4 is 35.5 Å². The van der Waals surface area contributed by atoms with Gasteiger partial charge < -0.3 is 15.8 Å². The number of carbonyl (C=O) groups excluding carboxylic acids is 3. The third-order valence-electron chi connectivity index (χ3n) is 3.56. The van der Waals surface area contributed by atoms with E-state index in [-0.39, 0.29) is 12.6 Å². The second-order valence-electron chi connectivity index (χ2n) is 5.74. The number of nitrogens with one attached hydrogen (secondary N) is 2. The zero-order valence-electron chi connectivity index (χ0n) is 15.0. The summed E-state index contributed by atoms with van der Waals surface area (Å²) in [4.78, 5) is 34.7. The van der Waals surface area contributed by atoms with Gasteiger partial charge in [-0.05, 0) is 30.7 Å². The van der Waals surface area contributed by atoms with Crippen LogP contribution in [0.3, 0.4) is 0 Å². The Kier molecular flexibility index (Phi) is 7.53. The molecule has 0 bridgehead atoms. The van der Waals surface area contributed by atoms with E-state index in [0.29, 0.717) is 16.3 Å². The van der Waals surface area contributed by atoms with Crippen molar-refractivity contribution < 1.29 is 19.1 Å². The number of amides is 3. The van der Waals surface area contributed by atoms with E-state index in [1.807, 2.05) is 30.3 Å². The van der Waals surface area contributed by atoms with E-state index in [0.717, 1.165) is 5.56 Å². The molecule has 3 amide bonds. The molecule has 2 rings (SSSR count). The first-order valence-corrected chi connectivity index (χ1v) is 8.64. The zero-order valence-corrected chi connectivity index (χ0v) is 15.8. The first-order valence-electron chi connectivity index (χ1n) is 8.26. The molecule has 0 radical (unpaired) electrons. The van der Waals surface area contributed by atoms with Crippen molar-refractivity contribution in [2.24, 2.45) is 10.8 Å². The normalized spacial score (nSPS) is 11.6. The molecule has 2 aromatic carbocycles. The van der Waals surface area contributed by atoms with Crippen LogP contribution >= 0.6 is 11.6 Å². The highest BCUT2D eigenvalue weighted by atomic mass is 35.5. The molecule has 1 atom stereocenters. The number of hydrazone groups is 1. The lowest BCUT2D eigenvalue weighted by Gasteiger charge is -2.13. The summed E-state index contributed by atoms with van der Waals surface area (Å²) in [6.07, 6.45) is 1.24. The van der Waals surface area contributed by atoms with E-state index >= 15 is 0 Å². The Morgan fingerprint density at radius 2 is 1.89 bits per heavy atom. The van der Waals surface area contributed by atoms with Crippen LogP contribution in [0, 0.1) is 0 Å². The fourth-order valence-corrected chi connectivity index (χ4v) is 2.38. The highest BCUT2D eigenvalue weighted by Gasteiger charge is 2.16. The summed E-state index contributed by atoms with van der Waals surface area (Å²) in [6, 6.07) is 13.5. The molecule has 0 aliphatic heterocycles. The molecule has 0 saturated carbocycles. The summed E-state index contributed by atoms with van der Waals surface area (Å²) >= 11 is 5.93. The van der Waals surface area contributed by atoms with E-state index in [4.69, 9.17) is 22.1 Å². The van der Waals surface area contributed by atoms with Crippen LogP contribution in [0.2, 0.25) is 5.02 Å². The fourth-order valence-electron chi connectivity index (χ4n) is 2.20. The summed E-state index contributed by atoms with van der Waals surface area (Å²) in [6.45, 7) is 1.44. The molecule has 4 N–H and O–H groups in total. The molecule has 28 heavy (non-hydrogen) atoms. The van der Waals surface area contributed by atoms with Crippen molar-refractivity contribution in [1.82, 2.24) is 10.7 Å². The second-order valence-corrected chi connectivity index (χ2v) is 6.18. The smallest absolute Gasteiger partial charge is 0.329 e. The van der Waals surface area contributed by atoms with Gasteiger partial charge in [0.15, 0.2) is 6.61 Å². The minimum absolute atomic E-state index is 0.295. The van der Waals surface area contributed by atoms with Gasteiger partial charge >= 0.3 is 11.8 Å². The van der Waals surface area contributed by atoms with Crippen LogP contribution in [0.15, 0.2) is 53.6 Å². The number of halogens is 1. The Hall–Kier alpha value is -3.39. The Balaban J connectivity index is 1.96. The van der Waals surface area contributed by atoms with Gasteiger partial charge in [0.2, 0.25) is 0 Å². The number of nitrogens with two attached hydrogens (primary N) is 1. The summed E-state index contributed by atoms with van der Waals surface area (Å²) in [5.74, 6) is -2.11. The van der Waals surface area contributed by atoms with Crippen molar-refractivity contribution in [1.29, 1.82) is 0 Å². The van der Waals surface area contributed by atoms with Gasteiger partial charge in [-0.1, -0.05) is 41.9 Å². The number of rotatable bonds is 7. The van der Waals surface area contributed by atoms with Gasteiger partial charge in [0.25, 0.3) is 5.91 Å². The predicted molar refractivity (Wildman–Crippen MR) is 105 cm³/mol. The van der Waals surface area contributed by atoms with E-state index in [9.17, 15) is 14.4 Å². The summed E-state index contributed by atoms with van der Waals surface area (Å²) < 4.78 is 5.24. The Morgan fingerprint density at radius 1 is 1.18 bits per heavy atom. The predicted octanol–water partition coefficient (Wildman–Crippen LogP) is 1.53. The summed E-state index contributed by atoms with van der Waals surface area (Å²) in [7, 11) is 0. The topological polar surface area (TPSA) is 123 Å².